The van der Waals surface area contributed by atoms with Gasteiger partial charge in [-0.3, -0.25) is 9.69 Å². The summed E-state index contributed by atoms with van der Waals surface area (Å²) in [5, 5.41) is 9.47. The highest BCUT2D eigenvalue weighted by molar-refractivity contribution is 5.86. The maximum absolute atomic E-state index is 13.3. The Hall–Kier alpha value is -2.35. The maximum Gasteiger partial charge on any atom is 0.408 e. The van der Waals surface area contributed by atoms with E-state index in [1.807, 2.05) is 14.1 Å². The van der Waals surface area contributed by atoms with Crippen LogP contribution in [0.1, 0.15) is 12.8 Å². The van der Waals surface area contributed by atoms with Gasteiger partial charge in [-0.1, -0.05) is 6.07 Å². The SMILES string of the molecule is CN(C)[C@H]1CCN(C(=O)[C@H]2C[C@H](Oc3cccc(F)c3)CN2C(=O)O)C1. The zero-order valence-corrected chi connectivity index (χ0v) is 15.0. The van der Waals surface area contributed by atoms with Crippen molar-refractivity contribution in [2.75, 3.05) is 33.7 Å². The molecule has 0 radical (unpaired) electrons. The molecule has 0 saturated carbocycles. The molecule has 2 amide bonds. The standard InChI is InChI=1S/C18H24FN3O4/c1-20(2)13-6-7-21(10-13)17(23)16-9-15(11-22(16)18(24)25)26-14-5-3-4-12(19)8-14/h3-5,8,13,15-16H,6-7,9-11H2,1-2H3,(H,24,25)/t13-,15-,16+/m0/s1. The van der Waals surface area contributed by atoms with E-state index in [0.29, 0.717) is 18.8 Å². The van der Waals surface area contributed by atoms with E-state index in [2.05, 4.69) is 4.90 Å². The minimum absolute atomic E-state index is 0.0905. The molecule has 0 aromatic heterocycles. The zero-order chi connectivity index (χ0) is 18.8. The van der Waals surface area contributed by atoms with Gasteiger partial charge in [0.05, 0.1) is 6.54 Å². The highest BCUT2D eigenvalue weighted by Gasteiger charge is 2.44. The molecule has 2 heterocycles. The third-order valence-electron chi connectivity index (χ3n) is 5.10. The predicted molar refractivity (Wildman–Crippen MR) is 92.6 cm³/mol. The van der Waals surface area contributed by atoms with Gasteiger partial charge >= 0.3 is 6.09 Å². The Kier molecular flexibility index (Phi) is 5.31. The second-order valence-corrected chi connectivity index (χ2v) is 7.07. The molecule has 8 heteroatoms. The Morgan fingerprint density at radius 3 is 2.69 bits per heavy atom. The van der Waals surface area contributed by atoms with Crippen LogP contribution in [0.3, 0.4) is 0 Å². The van der Waals surface area contributed by atoms with Crippen LogP contribution >= 0.6 is 0 Å². The molecule has 2 fully saturated rings. The van der Waals surface area contributed by atoms with Crippen molar-refractivity contribution < 1.29 is 23.8 Å². The van der Waals surface area contributed by atoms with Crippen LogP contribution in [0, 0.1) is 5.82 Å². The summed E-state index contributed by atoms with van der Waals surface area (Å²) >= 11 is 0. The van der Waals surface area contributed by atoms with Crippen LogP contribution in [0.2, 0.25) is 0 Å². The lowest BCUT2D eigenvalue weighted by molar-refractivity contribution is -0.134. The molecule has 2 saturated heterocycles. The minimum Gasteiger partial charge on any atom is -0.488 e. The van der Waals surface area contributed by atoms with Gasteiger partial charge in [-0.15, -0.1) is 0 Å². The number of carbonyl (C=O) groups excluding carboxylic acids is 1. The van der Waals surface area contributed by atoms with Gasteiger partial charge in [-0.25, -0.2) is 9.18 Å². The lowest BCUT2D eigenvalue weighted by Crippen LogP contribution is -2.47. The smallest absolute Gasteiger partial charge is 0.408 e. The number of hydrogen-bond acceptors (Lipinski definition) is 4. The minimum atomic E-state index is -1.14. The Morgan fingerprint density at radius 1 is 1.31 bits per heavy atom. The van der Waals surface area contributed by atoms with Gasteiger partial charge < -0.3 is 19.6 Å². The number of likely N-dealkylation sites (N-methyl/N-ethyl adjacent to an activating group) is 1. The Morgan fingerprint density at radius 2 is 2.08 bits per heavy atom. The third kappa shape index (κ3) is 3.90. The van der Waals surface area contributed by atoms with E-state index in [0.717, 1.165) is 11.3 Å². The van der Waals surface area contributed by atoms with Crippen molar-refractivity contribution in [2.45, 2.75) is 31.0 Å². The molecule has 3 atom stereocenters. The molecular weight excluding hydrogens is 341 g/mol. The molecule has 1 aromatic rings. The molecule has 3 rings (SSSR count). The summed E-state index contributed by atoms with van der Waals surface area (Å²) in [5.74, 6) is -0.264. The fraction of sp³-hybridized carbons (Fsp3) is 0.556. The van der Waals surface area contributed by atoms with E-state index in [9.17, 15) is 19.1 Å². The van der Waals surface area contributed by atoms with E-state index in [4.69, 9.17) is 4.74 Å². The number of halogens is 1. The zero-order valence-electron chi connectivity index (χ0n) is 15.0. The summed E-state index contributed by atoms with van der Waals surface area (Å²) < 4.78 is 19.0. The fourth-order valence-corrected chi connectivity index (χ4v) is 3.64. The maximum atomic E-state index is 13.3. The van der Waals surface area contributed by atoms with Gasteiger partial charge in [0, 0.05) is 31.6 Å². The fourth-order valence-electron chi connectivity index (χ4n) is 3.64. The van der Waals surface area contributed by atoms with Crippen molar-refractivity contribution in [3.8, 4) is 5.75 Å². The molecule has 2 aliphatic rings. The van der Waals surface area contributed by atoms with Crippen LogP contribution in [-0.2, 0) is 4.79 Å². The van der Waals surface area contributed by atoms with E-state index in [1.165, 1.54) is 18.2 Å². The topological polar surface area (TPSA) is 73.3 Å². The highest BCUT2D eigenvalue weighted by atomic mass is 19.1. The Bertz CT molecular complexity index is 684. The van der Waals surface area contributed by atoms with E-state index in [-0.39, 0.29) is 24.9 Å². The first-order valence-corrected chi connectivity index (χ1v) is 8.72. The number of benzene rings is 1. The first-order chi connectivity index (χ1) is 12.3. The number of carbonyl (C=O) groups is 2. The number of hydrogen-bond donors (Lipinski definition) is 1. The lowest BCUT2D eigenvalue weighted by atomic mass is 10.1. The molecule has 142 valence electrons. The molecule has 0 unspecified atom stereocenters. The summed E-state index contributed by atoms with van der Waals surface area (Å²) in [5.41, 5.74) is 0. The number of carboxylic acid groups (broad SMARTS) is 1. The average molecular weight is 365 g/mol. The second kappa shape index (κ2) is 7.49. The molecule has 7 nitrogen and oxygen atoms in total. The molecule has 0 bridgehead atoms. The largest absolute Gasteiger partial charge is 0.488 e. The third-order valence-corrected chi connectivity index (χ3v) is 5.10. The van der Waals surface area contributed by atoms with Gasteiger partial charge in [-0.05, 0) is 32.6 Å². The van der Waals surface area contributed by atoms with Crippen molar-refractivity contribution in [2.24, 2.45) is 0 Å². The number of amides is 2. The van der Waals surface area contributed by atoms with Crippen LogP contribution in [0.25, 0.3) is 0 Å². The predicted octanol–water partition coefficient (Wildman–Crippen LogP) is 1.49. The average Bonchev–Trinajstić information content (AvgIpc) is 3.21. The molecule has 1 aromatic carbocycles. The molecule has 2 aliphatic heterocycles. The van der Waals surface area contributed by atoms with Gasteiger partial charge in [0.2, 0.25) is 5.91 Å². The summed E-state index contributed by atoms with van der Waals surface area (Å²) in [6, 6.07) is 5.24. The normalized spacial score (nSPS) is 25.8. The summed E-state index contributed by atoms with van der Waals surface area (Å²) in [4.78, 5) is 29.4. The van der Waals surface area contributed by atoms with Crippen LogP contribution in [0.5, 0.6) is 5.75 Å². The Balaban J connectivity index is 1.68. The van der Waals surface area contributed by atoms with E-state index in [1.54, 1.807) is 11.0 Å². The molecule has 0 aliphatic carbocycles. The number of nitrogens with zero attached hydrogens (tertiary/aromatic N) is 3. The number of rotatable bonds is 4. The van der Waals surface area contributed by atoms with E-state index < -0.39 is 24.1 Å². The summed E-state index contributed by atoms with van der Waals surface area (Å²) in [6.45, 7) is 1.32. The highest BCUT2D eigenvalue weighted by Crippen LogP contribution is 2.26. The van der Waals surface area contributed by atoms with Crippen LogP contribution in [-0.4, -0.2) is 83.7 Å². The number of ether oxygens (including phenoxy) is 1. The van der Waals surface area contributed by atoms with Crippen molar-refractivity contribution in [3.63, 3.8) is 0 Å². The van der Waals surface area contributed by atoms with E-state index >= 15 is 0 Å². The van der Waals surface area contributed by atoms with Crippen LogP contribution in [0.15, 0.2) is 24.3 Å². The summed E-state index contributed by atoms with van der Waals surface area (Å²) in [7, 11) is 3.95. The van der Waals surface area contributed by atoms with Crippen molar-refractivity contribution in [3.05, 3.63) is 30.1 Å². The van der Waals surface area contributed by atoms with Crippen LogP contribution in [0.4, 0.5) is 9.18 Å². The molecule has 26 heavy (non-hydrogen) atoms. The van der Waals surface area contributed by atoms with Crippen molar-refractivity contribution >= 4 is 12.0 Å². The first kappa shape index (κ1) is 18.4. The Labute approximate surface area is 151 Å². The first-order valence-electron chi connectivity index (χ1n) is 8.72. The van der Waals surface area contributed by atoms with Crippen LogP contribution < -0.4 is 4.74 Å². The second-order valence-electron chi connectivity index (χ2n) is 7.07. The van der Waals surface area contributed by atoms with Gasteiger partial charge in [0.1, 0.15) is 23.7 Å². The van der Waals surface area contributed by atoms with Gasteiger partial charge in [0.25, 0.3) is 0 Å². The monoisotopic (exact) mass is 365 g/mol. The molecule has 0 spiro atoms. The lowest BCUT2D eigenvalue weighted by Gasteiger charge is -2.26. The molecular formula is C18H24FN3O4. The summed E-state index contributed by atoms with van der Waals surface area (Å²) in [6.07, 6.45) is -0.474. The van der Waals surface area contributed by atoms with Crippen molar-refractivity contribution in [1.29, 1.82) is 0 Å². The number of likely N-dealkylation sites (tertiary alicyclic amines) is 2. The quantitative estimate of drug-likeness (QED) is 0.875. The van der Waals surface area contributed by atoms with Gasteiger partial charge in [0.15, 0.2) is 0 Å². The van der Waals surface area contributed by atoms with Gasteiger partial charge in [-0.2, -0.15) is 0 Å². The van der Waals surface area contributed by atoms with Crippen molar-refractivity contribution in [1.82, 2.24) is 14.7 Å². The molecule has 1 N–H and O–H groups in total.